The van der Waals surface area contributed by atoms with E-state index in [0.29, 0.717) is 6.61 Å². The summed E-state index contributed by atoms with van der Waals surface area (Å²) in [5.41, 5.74) is 0.821. The summed E-state index contributed by atoms with van der Waals surface area (Å²) >= 11 is 0. The molecule has 0 saturated heterocycles. The minimum atomic E-state index is -0.881. The van der Waals surface area contributed by atoms with E-state index >= 15 is 0 Å². The molecule has 0 spiro atoms. The number of hydrogen-bond donors (Lipinski definition) is 0. The van der Waals surface area contributed by atoms with Crippen molar-refractivity contribution in [3.63, 3.8) is 0 Å². The van der Waals surface area contributed by atoms with Crippen LogP contribution in [0.5, 0.6) is 11.5 Å². The van der Waals surface area contributed by atoms with Crippen LogP contribution in [-0.2, 0) is 11.3 Å². The highest BCUT2D eigenvalue weighted by Crippen LogP contribution is 2.22. The Balaban J connectivity index is 1.80. The second-order valence-corrected chi connectivity index (χ2v) is 6.84. The number of carbonyl (C=O) groups is 1. The molecule has 0 radical (unpaired) electrons. The summed E-state index contributed by atoms with van der Waals surface area (Å²) in [6.07, 6.45) is 0.143. The van der Waals surface area contributed by atoms with Gasteiger partial charge in [0.05, 0.1) is 11.5 Å². The average Bonchev–Trinajstić information content (AvgIpc) is 2.66. The Labute approximate surface area is 158 Å². The molecule has 0 aliphatic heterocycles. The molecule has 0 aliphatic rings. The van der Waals surface area contributed by atoms with E-state index in [1.807, 2.05) is 24.3 Å². The van der Waals surface area contributed by atoms with Gasteiger partial charge in [-0.15, -0.1) is 0 Å². The first-order valence-electron chi connectivity index (χ1n) is 8.60. The van der Waals surface area contributed by atoms with Gasteiger partial charge in [0.15, 0.2) is 0 Å². The van der Waals surface area contributed by atoms with Crippen molar-refractivity contribution in [1.29, 1.82) is 0 Å². The van der Waals surface area contributed by atoms with E-state index in [4.69, 9.17) is 14.2 Å². The van der Waals surface area contributed by atoms with Crippen molar-refractivity contribution in [2.24, 2.45) is 5.41 Å². The highest BCUT2D eigenvalue weighted by atomic mass is 16.7. The Kier molecular flexibility index (Phi) is 6.76. The molecule has 27 heavy (non-hydrogen) atoms. The van der Waals surface area contributed by atoms with E-state index in [1.54, 1.807) is 0 Å². The summed E-state index contributed by atoms with van der Waals surface area (Å²) < 4.78 is 15.8. The number of benzene rings is 2. The first kappa shape index (κ1) is 20.2. The van der Waals surface area contributed by atoms with Gasteiger partial charge in [-0.3, -0.25) is 10.1 Å². The molecule has 7 nitrogen and oxygen atoms in total. The summed E-state index contributed by atoms with van der Waals surface area (Å²) in [6, 6.07) is 12.5. The second kappa shape index (κ2) is 9.02. The van der Waals surface area contributed by atoms with Crippen molar-refractivity contribution < 1.29 is 23.9 Å². The third-order valence-corrected chi connectivity index (χ3v) is 4.12. The smallest absolute Gasteiger partial charge is 0.493 e. The molecule has 0 fully saturated rings. The summed E-state index contributed by atoms with van der Waals surface area (Å²) in [4.78, 5) is 21.8. The first-order chi connectivity index (χ1) is 12.8. The van der Waals surface area contributed by atoms with Crippen molar-refractivity contribution in [1.82, 2.24) is 0 Å². The zero-order chi connectivity index (χ0) is 19.9. The number of nitro groups is 1. The van der Waals surface area contributed by atoms with Crippen LogP contribution in [0.25, 0.3) is 0 Å². The van der Waals surface area contributed by atoms with Gasteiger partial charge in [-0.2, -0.15) is 0 Å². The van der Waals surface area contributed by atoms with Crippen LogP contribution in [0.15, 0.2) is 48.5 Å². The molecule has 0 atom stereocenters. The van der Waals surface area contributed by atoms with Crippen LogP contribution in [0, 0.1) is 15.5 Å². The number of hydrogen-bond acceptors (Lipinski definition) is 6. The first-order valence-corrected chi connectivity index (χ1v) is 8.60. The molecule has 0 aliphatic carbocycles. The fourth-order valence-electron chi connectivity index (χ4n) is 1.97. The van der Waals surface area contributed by atoms with Crippen LogP contribution in [0.1, 0.15) is 32.8 Å². The molecule has 2 aromatic rings. The Hall–Kier alpha value is -3.09. The van der Waals surface area contributed by atoms with E-state index in [1.165, 1.54) is 24.3 Å². The lowest BCUT2D eigenvalue weighted by Gasteiger charge is -2.22. The highest BCUT2D eigenvalue weighted by molar-refractivity contribution is 5.64. The van der Waals surface area contributed by atoms with Gasteiger partial charge >= 0.3 is 6.16 Å². The standard InChI is InChI=1S/C20H23NO6/c1-4-20(2,3)14-26-17-9-5-15(6-10-17)13-25-19(22)27-18-11-7-16(8-12-18)21(23)24/h5-12H,4,13-14H2,1-3H3. The Morgan fingerprint density at radius 2 is 1.63 bits per heavy atom. The van der Waals surface area contributed by atoms with Crippen LogP contribution in [0.2, 0.25) is 0 Å². The van der Waals surface area contributed by atoms with Crippen molar-refractivity contribution in [2.45, 2.75) is 33.8 Å². The zero-order valence-electron chi connectivity index (χ0n) is 15.6. The second-order valence-electron chi connectivity index (χ2n) is 6.84. The quantitative estimate of drug-likeness (QED) is 0.276. The molecule has 144 valence electrons. The van der Waals surface area contributed by atoms with E-state index in [0.717, 1.165) is 17.7 Å². The molecular formula is C20H23NO6. The van der Waals surface area contributed by atoms with Gasteiger partial charge in [0.1, 0.15) is 18.1 Å². The van der Waals surface area contributed by atoms with E-state index < -0.39 is 11.1 Å². The van der Waals surface area contributed by atoms with Gasteiger partial charge in [0.2, 0.25) is 0 Å². The van der Waals surface area contributed by atoms with E-state index in [-0.39, 0.29) is 23.5 Å². The summed E-state index contributed by atoms with van der Waals surface area (Å²) in [5.74, 6) is 0.932. The molecule has 0 heterocycles. The summed E-state index contributed by atoms with van der Waals surface area (Å²) in [7, 11) is 0. The lowest BCUT2D eigenvalue weighted by atomic mass is 9.92. The molecule has 0 unspecified atom stereocenters. The number of nitrogens with zero attached hydrogens (tertiary/aromatic N) is 1. The molecule has 0 aromatic heterocycles. The molecule has 2 aromatic carbocycles. The Morgan fingerprint density at radius 3 is 2.19 bits per heavy atom. The summed E-state index contributed by atoms with van der Waals surface area (Å²) in [6.45, 7) is 7.09. The van der Waals surface area contributed by atoms with E-state index in [9.17, 15) is 14.9 Å². The lowest BCUT2D eigenvalue weighted by molar-refractivity contribution is -0.384. The zero-order valence-corrected chi connectivity index (χ0v) is 15.6. The van der Waals surface area contributed by atoms with Crippen LogP contribution >= 0.6 is 0 Å². The van der Waals surface area contributed by atoms with Gasteiger partial charge in [-0.1, -0.05) is 32.9 Å². The predicted octanol–water partition coefficient (Wildman–Crippen LogP) is 5.13. The Morgan fingerprint density at radius 1 is 1.04 bits per heavy atom. The third-order valence-electron chi connectivity index (χ3n) is 4.12. The monoisotopic (exact) mass is 373 g/mol. The molecule has 0 saturated carbocycles. The molecule has 0 amide bonds. The average molecular weight is 373 g/mol. The maximum atomic E-state index is 11.7. The van der Waals surface area contributed by atoms with Crippen LogP contribution in [-0.4, -0.2) is 17.7 Å². The number of nitro benzene ring substituents is 1. The minimum Gasteiger partial charge on any atom is -0.493 e. The minimum absolute atomic E-state index is 0.0482. The van der Waals surface area contributed by atoms with Crippen molar-refractivity contribution in [2.75, 3.05) is 6.61 Å². The normalized spacial score (nSPS) is 10.9. The van der Waals surface area contributed by atoms with Crippen molar-refractivity contribution in [3.05, 3.63) is 64.2 Å². The fourth-order valence-corrected chi connectivity index (χ4v) is 1.97. The Bertz CT molecular complexity index is 768. The van der Waals surface area contributed by atoms with Gasteiger partial charge in [-0.25, -0.2) is 4.79 Å². The van der Waals surface area contributed by atoms with Crippen molar-refractivity contribution in [3.8, 4) is 11.5 Å². The van der Waals surface area contributed by atoms with Gasteiger partial charge in [0.25, 0.3) is 5.69 Å². The molecule has 7 heteroatoms. The summed E-state index contributed by atoms with van der Waals surface area (Å²) in [5, 5.41) is 10.6. The van der Waals surface area contributed by atoms with Gasteiger partial charge in [-0.05, 0) is 41.7 Å². The molecule has 2 rings (SSSR count). The van der Waals surface area contributed by atoms with Crippen LogP contribution < -0.4 is 9.47 Å². The van der Waals surface area contributed by atoms with Gasteiger partial charge in [0, 0.05) is 12.1 Å². The molecule has 0 bridgehead atoms. The van der Waals surface area contributed by atoms with Crippen LogP contribution in [0.4, 0.5) is 10.5 Å². The fraction of sp³-hybridized carbons (Fsp3) is 0.350. The third kappa shape index (κ3) is 6.62. The van der Waals surface area contributed by atoms with Crippen molar-refractivity contribution >= 4 is 11.8 Å². The highest BCUT2D eigenvalue weighted by Gasteiger charge is 2.16. The topological polar surface area (TPSA) is 87.9 Å². The number of rotatable bonds is 8. The number of ether oxygens (including phenoxy) is 3. The van der Waals surface area contributed by atoms with Crippen LogP contribution in [0.3, 0.4) is 0 Å². The van der Waals surface area contributed by atoms with Gasteiger partial charge < -0.3 is 14.2 Å². The largest absolute Gasteiger partial charge is 0.514 e. The SMILES string of the molecule is CCC(C)(C)COc1ccc(COC(=O)Oc2ccc([N+](=O)[O-])cc2)cc1. The maximum absolute atomic E-state index is 11.7. The number of non-ortho nitro benzene ring substituents is 1. The predicted molar refractivity (Wildman–Crippen MR) is 99.9 cm³/mol. The lowest BCUT2D eigenvalue weighted by Crippen LogP contribution is -2.20. The molecular weight excluding hydrogens is 350 g/mol. The number of carbonyl (C=O) groups excluding carboxylic acids is 1. The molecule has 0 N–H and O–H groups in total. The van der Waals surface area contributed by atoms with E-state index in [2.05, 4.69) is 20.8 Å². The maximum Gasteiger partial charge on any atom is 0.514 e.